The Morgan fingerprint density at radius 1 is 1.00 bits per heavy atom. The molecule has 1 amide bonds. The lowest BCUT2D eigenvalue weighted by Gasteiger charge is -2.36. The fraction of sp³-hybridized carbons (Fsp3) is 0.333. The third kappa shape index (κ3) is 5.97. The molecule has 0 aromatic heterocycles. The summed E-state index contributed by atoms with van der Waals surface area (Å²) in [5.41, 5.74) is 5.22. The van der Waals surface area contributed by atoms with Crippen molar-refractivity contribution in [3.63, 3.8) is 0 Å². The Morgan fingerprint density at radius 2 is 1.58 bits per heavy atom. The van der Waals surface area contributed by atoms with Gasteiger partial charge in [-0.15, -0.1) is 0 Å². The quantitative estimate of drug-likeness (QED) is 0.265. The van der Waals surface area contributed by atoms with Crippen LogP contribution in [-0.2, 0) is 16.0 Å². The smallest absolute Gasteiger partial charge is 0.407 e. The van der Waals surface area contributed by atoms with E-state index >= 15 is 0 Å². The summed E-state index contributed by atoms with van der Waals surface area (Å²) in [6, 6.07) is 20.5. The Balaban J connectivity index is 1.40. The van der Waals surface area contributed by atoms with Crippen molar-refractivity contribution in [3.8, 4) is 16.9 Å². The van der Waals surface area contributed by atoms with Crippen LogP contribution in [0, 0.1) is 0 Å². The van der Waals surface area contributed by atoms with E-state index in [9.17, 15) is 14.7 Å². The molecule has 4 rings (SSSR count). The number of hydrogen-bond acceptors (Lipinski definition) is 4. The van der Waals surface area contributed by atoms with Crippen molar-refractivity contribution in [2.75, 3.05) is 6.61 Å². The number of ether oxygens (including phenoxy) is 1. The van der Waals surface area contributed by atoms with E-state index in [1.54, 1.807) is 0 Å². The van der Waals surface area contributed by atoms with Gasteiger partial charge in [-0.05, 0) is 74.0 Å². The molecule has 0 saturated carbocycles. The number of rotatable bonds is 8. The Morgan fingerprint density at radius 3 is 2.11 bits per heavy atom. The van der Waals surface area contributed by atoms with Gasteiger partial charge in [-0.3, -0.25) is 0 Å². The van der Waals surface area contributed by atoms with E-state index in [-0.39, 0.29) is 24.0 Å². The van der Waals surface area contributed by atoms with Gasteiger partial charge in [0.15, 0.2) is 0 Å². The van der Waals surface area contributed by atoms with E-state index in [0.717, 1.165) is 38.0 Å². The van der Waals surface area contributed by atoms with Crippen LogP contribution in [0.15, 0.2) is 71.2 Å². The predicted octanol–water partition coefficient (Wildman–Crippen LogP) is 7.37. The van der Waals surface area contributed by atoms with Gasteiger partial charge < -0.3 is 19.6 Å². The molecule has 2 N–H and O–H groups in total. The van der Waals surface area contributed by atoms with Crippen LogP contribution in [0.25, 0.3) is 11.1 Å². The summed E-state index contributed by atoms with van der Waals surface area (Å²) in [4.78, 5) is 24.7. The number of amides is 1. The van der Waals surface area contributed by atoms with E-state index in [1.807, 2.05) is 54.6 Å². The highest BCUT2D eigenvalue weighted by atomic mass is 79.9. The minimum absolute atomic E-state index is 0.0481. The van der Waals surface area contributed by atoms with E-state index in [4.69, 9.17) is 9.16 Å². The molecule has 0 spiro atoms. The Bertz CT molecular complexity index is 1300. The van der Waals surface area contributed by atoms with Gasteiger partial charge in [0.2, 0.25) is 0 Å². The fourth-order valence-electron chi connectivity index (χ4n) is 4.40. The zero-order valence-electron chi connectivity index (χ0n) is 22.4. The summed E-state index contributed by atoms with van der Waals surface area (Å²) >= 11 is 3.57. The molecule has 0 fully saturated rings. The van der Waals surface area contributed by atoms with Crippen molar-refractivity contribution in [1.82, 2.24) is 5.32 Å². The Kier molecular flexibility index (Phi) is 8.04. The highest BCUT2D eigenvalue weighted by Gasteiger charge is 2.39. The maximum Gasteiger partial charge on any atom is 0.407 e. The van der Waals surface area contributed by atoms with Crippen LogP contribution in [0.2, 0.25) is 18.1 Å². The second-order valence-corrected chi connectivity index (χ2v) is 16.8. The standard InChI is InChI=1S/C30H34BrNO5Si/c1-30(2,3)38(4,5)37-27-15-14-19(16-25(27)31)17-26(28(33)34)32-29(35)36-18-24-22-12-8-6-10-20(22)21-11-7-9-13-23(21)24/h6-16,24,26H,17-18H2,1-5H3,(H,32,35)(H,33,34)/t26-/m0/s1. The summed E-state index contributed by atoms with van der Waals surface area (Å²) in [6.45, 7) is 11.0. The molecule has 1 aliphatic carbocycles. The first-order valence-corrected chi connectivity index (χ1v) is 16.4. The van der Waals surface area contributed by atoms with Crippen molar-refractivity contribution >= 4 is 36.3 Å². The molecule has 38 heavy (non-hydrogen) atoms. The van der Waals surface area contributed by atoms with Crippen molar-refractivity contribution in [3.05, 3.63) is 87.9 Å². The topological polar surface area (TPSA) is 84.9 Å². The molecule has 0 radical (unpaired) electrons. The van der Waals surface area contributed by atoms with Crippen molar-refractivity contribution < 1.29 is 23.9 Å². The third-order valence-corrected chi connectivity index (χ3v) is 12.5. The Hall–Kier alpha value is -3.10. The van der Waals surface area contributed by atoms with Crippen molar-refractivity contribution in [1.29, 1.82) is 0 Å². The monoisotopic (exact) mass is 595 g/mol. The number of benzene rings is 3. The third-order valence-electron chi connectivity index (χ3n) is 7.54. The number of carbonyl (C=O) groups excluding carboxylic acids is 1. The largest absolute Gasteiger partial charge is 0.543 e. The number of nitrogens with one attached hydrogen (secondary N) is 1. The number of aliphatic carboxylic acids is 1. The summed E-state index contributed by atoms with van der Waals surface area (Å²) in [5, 5.41) is 12.4. The second-order valence-electron chi connectivity index (χ2n) is 11.2. The molecular formula is C30H34BrNO5Si. The van der Waals surface area contributed by atoms with Crippen LogP contribution in [0.3, 0.4) is 0 Å². The minimum atomic E-state index is -2.03. The van der Waals surface area contributed by atoms with Crippen LogP contribution in [-0.4, -0.2) is 38.1 Å². The molecule has 6 nitrogen and oxygen atoms in total. The first kappa shape index (κ1) is 27.9. The van der Waals surface area contributed by atoms with Crippen molar-refractivity contribution in [2.24, 2.45) is 0 Å². The molecule has 1 atom stereocenters. The molecule has 0 bridgehead atoms. The van der Waals surface area contributed by atoms with E-state index in [0.29, 0.717) is 0 Å². The molecule has 200 valence electrons. The highest BCUT2D eigenvalue weighted by Crippen LogP contribution is 2.44. The zero-order valence-corrected chi connectivity index (χ0v) is 25.0. The van der Waals surface area contributed by atoms with Gasteiger partial charge in [-0.2, -0.15) is 0 Å². The van der Waals surface area contributed by atoms with E-state index in [1.165, 1.54) is 0 Å². The van der Waals surface area contributed by atoms with E-state index < -0.39 is 26.4 Å². The molecule has 8 heteroatoms. The van der Waals surface area contributed by atoms with Crippen LogP contribution in [0.5, 0.6) is 5.75 Å². The number of carbonyl (C=O) groups is 2. The van der Waals surface area contributed by atoms with Crippen LogP contribution >= 0.6 is 15.9 Å². The summed E-state index contributed by atoms with van der Waals surface area (Å²) in [7, 11) is -2.03. The van der Waals surface area contributed by atoms with E-state index in [2.05, 4.69) is 67.2 Å². The Labute approximate surface area is 233 Å². The lowest BCUT2D eigenvalue weighted by atomic mass is 9.98. The average molecular weight is 597 g/mol. The van der Waals surface area contributed by atoms with Crippen LogP contribution in [0.4, 0.5) is 4.79 Å². The number of carboxylic acid groups (broad SMARTS) is 1. The maximum atomic E-state index is 12.7. The predicted molar refractivity (Wildman–Crippen MR) is 155 cm³/mol. The second kappa shape index (κ2) is 10.9. The molecule has 1 aliphatic rings. The van der Waals surface area contributed by atoms with Gasteiger partial charge in [0, 0.05) is 12.3 Å². The van der Waals surface area contributed by atoms with Gasteiger partial charge in [0.1, 0.15) is 18.4 Å². The van der Waals surface area contributed by atoms with Gasteiger partial charge in [-0.25, -0.2) is 9.59 Å². The minimum Gasteiger partial charge on any atom is -0.543 e. The fourth-order valence-corrected chi connectivity index (χ4v) is 6.09. The van der Waals surface area contributed by atoms with Gasteiger partial charge in [0.05, 0.1) is 4.47 Å². The molecule has 0 unspecified atom stereocenters. The van der Waals surface area contributed by atoms with Crippen LogP contribution in [0.1, 0.15) is 43.4 Å². The summed E-state index contributed by atoms with van der Waals surface area (Å²) < 4.78 is 12.7. The average Bonchev–Trinajstić information content (AvgIpc) is 3.17. The lowest BCUT2D eigenvalue weighted by molar-refractivity contribution is -0.139. The van der Waals surface area contributed by atoms with Crippen molar-refractivity contribution in [2.45, 2.75) is 57.3 Å². The summed E-state index contributed by atoms with van der Waals surface area (Å²) in [5.74, 6) is -0.492. The number of fused-ring (bicyclic) bond motifs is 3. The SMILES string of the molecule is CC(C)(C)[Si](C)(C)Oc1ccc(C[C@H](NC(=O)OCC2c3ccccc3-c3ccccc32)C(=O)O)cc1Br. The highest BCUT2D eigenvalue weighted by molar-refractivity contribution is 9.10. The normalized spacial score (nSPS) is 13.8. The van der Waals surface area contributed by atoms with Gasteiger partial charge >= 0.3 is 12.1 Å². The summed E-state index contributed by atoms with van der Waals surface area (Å²) in [6.07, 6.45) is -0.644. The molecule has 3 aromatic carbocycles. The zero-order chi connectivity index (χ0) is 27.7. The molecule has 0 aliphatic heterocycles. The number of carboxylic acids is 1. The van der Waals surface area contributed by atoms with Crippen LogP contribution < -0.4 is 9.74 Å². The first-order chi connectivity index (χ1) is 17.9. The number of halogens is 1. The number of hydrogen-bond donors (Lipinski definition) is 2. The maximum absolute atomic E-state index is 12.7. The van der Waals surface area contributed by atoms with Gasteiger partial charge in [-0.1, -0.05) is 75.4 Å². The van der Waals surface area contributed by atoms with Gasteiger partial charge in [0.25, 0.3) is 8.32 Å². The first-order valence-electron chi connectivity index (χ1n) is 12.7. The lowest BCUT2D eigenvalue weighted by Crippen LogP contribution is -2.44. The molecular weight excluding hydrogens is 562 g/mol. The molecule has 0 saturated heterocycles. The number of alkyl carbamates (subject to hydrolysis) is 1. The molecule has 3 aromatic rings. The molecule has 0 heterocycles.